The molecule has 5 heterocycles. The molecule has 0 atom stereocenters. The molecule has 530 valence electrons. The third-order valence-electron chi connectivity index (χ3n) is 20.6. The lowest BCUT2D eigenvalue weighted by Gasteiger charge is -2.42. The van der Waals surface area contributed by atoms with E-state index in [0.29, 0.717) is 11.3 Å². The fraction of sp³-hybridized carbons (Fsp3) is 0.118. The van der Waals surface area contributed by atoms with Gasteiger partial charge in [-0.3, -0.25) is 13.7 Å². The van der Waals surface area contributed by atoms with Crippen molar-refractivity contribution in [3.05, 3.63) is 368 Å². The highest BCUT2D eigenvalue weighted by atomic mass is 28.3. The van der Waals surface area contributed by atoms with E-state index in [-0.39, 0.29) is 33.6 Å². The van der Waals surface area contributed by atoms with Gasteiger partial charge >= 0.3 is 0 Å². The van der Waals surface area contributed by atoms with Gasteiger partial charge in [-0.2, -0.15) is 0 Å². The number of aromatic nitrogens is 6. The Balaban J connectivity index is 0.874. The van der Waals surface area contributed by atoms with Crippen LogP contribution in [0.3, 0.4) is 0 Å². The highest BCUT2D eigenvalue weighted by Crippen LogP contribution is 2.49. The maximum Gasteiger partial charge on any atom is 0.269 e. The van der Waals surface area contributed by atoms with E-state index in [4.69, 9.17) is 22.1 Å². The lowest BCUT2D eigenvalue weighted by molar-refractivity contribution is -0.571. The van der Waals surface area contributed by atoms with Crippen LogP contribution in [0.1, 0.15) is 130 Å². The van der Waals surface area contributed by atoms with E-state index in [9.17, 15) is 39.8 Å². The van der Waals surface area contributed by atoms with Gasteiger partial charge in [-0.15, -0.1) is 0 Å². The molecular formula is C102H82N6OSi. The molecule has 14 aromatic carbocycles. The van der Waals surface area contributed by atoms with Gasteiger partial charge in [0.2, 0.25) is 0 Å². The number of benzene rings is 14. The summed E-state index contributed by atoms with van der Waals surface area (Å²) in [7, 11) is -6.75. The van der Waals surface area contributed by atoms with E-state index >= 15 is 0 Å². The van der Waals surface area contributed by atoms with Crippen LogP contribution in [0, 0.1) is 6.33 Å². The molecule has 1 aliphatic rings. The summed E-state index contributed by atoms with van der Waals surface area (Å²) in [6.45, 7) is -12.0. The number of rotatable bonds is 13. The Kier molecular flexibility index (Phi) is 8.81. The summed E-state index contributed by atoms with van der Waals surface area (Å²) in [5.41, 5.74) is -10.2. The molecule has 110 heavy (non-hydrogen) atoms. The smallest absolute Gasteiger partial charge is 0.269 e. The summed E-state index contributed by atoms with van der Waals surface area (Å²) in [6, 6.07) is 32.2. The van der Waals surface area contributed by atoms with Crippen LogP contribution in [0.2, 0.25) is 0 Å². The molecule has 0 radical (unpaired) electrons. The van der Waals surface area contributed by atoms with Crippen LogP contribution in [-0.4, -0.2) is 31.3 Å². The first kappa shape index (κ1) is 37.8. The number of imidazole rings is 1. The highest BCUT2D eigenvalue weighted by Gasteiger charge is 2.42. The van der Waals surface area contributed by atoms with Crippen LogP contribution in [0.15, 0.2) is 345 Å². The molecule has 0 saturated heterocycles. The monoisotopic (exact) mass is 1470 g/mol. The second-order valence-electron chi connectivity index (χ2n) is 28.0. The van der Waals surface area contributed by atoms with E-state index < -0.39 is 252 Å². The average Bonchev–Trinajstić information content (AvgIpc) is 0.899. The molecule has 0 amide bonds. The Labute approximate surface area is 695 Å². The van der Waals surface area contributed by atoms with Crippen LogP contribution < -0.4 is 30.1 Å². The first-order valence-electron chi connectivity index (χ1n) is 54.3. The average molecular weight is 1470 g/mol. The van der Waals surface area contributed by atoms with Crippen LogP contribution >= 0.6 is 0 Å². The summed E-state index contributed by atoms with van der Waals surface area (Å²) in [5.74, 6) is 0.946. The molecule has 0 spiro atoms. The van der Waals surface area contributed by atoms with E-state index in [1.165, 1.54) is 22.8 Å². The SMILES string of the molecule is [2H]c1c([2H])c([2H])c([Si](c2c([2H])c([2H])c([2H])c([2H])c2[2H])(c2c([2H])c([2H])c([2H])c([2H])c2[2H])c2c([2H])c([2H])c([2H])c(-c3cccc(-c4c([2H])c([2H])c5c(c4[2H])C(C([2H])([2H])[2H])(C([2H])([2H])[2H])C([2H])([2H])C([2H])([2H])C5(C([2H])([2H])[2H])C([2H])([2H])[2H])c3-[n+]3[c-]n(-c4cccc(Oc5ccc6c7c(-n8c9ccccc9c9cccc(-n%10c%11ccccc%11c%11ccccc%11%10)c98)cccc7n(-c7cc(C(C)(C)C)ccn7)c6c5)c4)c4ccccc43)c2[2H])c([2H])c1[2H]. The summed E-state index contributed by atoms with van der Waals surface area (Å²) < 4.78 is 382. The number of hydrogen-bond donors (Lipinski definition) is 0. The molecule has 0 fully saturated rings. The Bertz CT molecular complexity index is 8670. The number of para-hydroxylation sites is 7. The molecule has 1 aliphatic carbocycles. The van der Waals surface area contributed by atoms with Crippen molar-refractivity contribution in [2.75, 3.05) is 0 Å². The summed E-state index contributed by atoms with van der Waals surface area (Å²) >= 11 is 0. The van der Waals surface area contributed by atoms with Crippen LogP contribution in [0.25, 0.3) is 127 Å². The van der Waals surface area contributed by atoms with Crippen molar-refractivity contribution >= 4 is 105 Å². The normalized spacial score (nSPS) is 20.0. The van der Waals surface area contributed by atoms with Gasteiger partial charge in [-0.05, 0) is 168 Å². The maximum absolute atomic E-state index is 11.2. The van der Waals surface area contributed by atoms with Crippen molar-refractivity contribution in [1.29, 1.82) is 0 Å². The summed E-state index contributed by atoms with van der Waals surface area (Å²) in [6.07, 6.45) is -4.66. The number of hydrogen-bond acceptors (Lipinski definition) is 2. The van der Waals surface area contributed by atoms with Gasteiger partial charge < -0.3 is 13.9 Å². The molecule has 0 N–H and O–H groups in total. The van der Waals surface area contributed by atoms with Crippen molar-refractivity contribution < 1.29 is 61.4 Å². The van der Waals surface area contributed by atoms with Crippen molar-refractivity contribution in [3.8, 4) is 62.3 Å². The van der Waals surface area contributed by atoms with Gasteiger partial charge in [0.15, 0.2) is 8.07 Å². The number of pyridine rings is 1. The van der Waals surface area contributed by atoms with Gasteiger partial charge in [-0.1, -0.05) is 302 Å². The molecule has 7 nitrogen and oxygen atoms in total. The van der Waals surface area contributed by atoms with E-state index in [0.717, 1.165) is 99.6 Å². The van der Waals surface area contributed by atoms with Gasteiger partial charge in [0.25, 0.3) is 6.33 Å². The number of fused-ring (bicyclic) bond motifs is 11. The first-order chi connectivity index (χ1) is 69.4. The van der Waals surface area contributed by atoms with Crippen molar-refractivity contribution in [1.82, 2.24) is 23.3 Å². The molecule has 5 aromatic heterocycles. The van der Waals surface area contributed by atoms with Crippen LogP contribution in [-0.2, 0) is 16.2 Å². The van der Waals surface area contributed by atoms with Crippen molar-refractivity contribution in [2.45, 2.75) is 77.2 Å². The molecule has 8 heteroatoms. The van der Waals surface area contributed by atoms with Crippen LogP contribution in [0.4, 0.5) is 0 Å². The fourth-order valence-corrected chi connectivity index (χ4v) is 19.3. The van der Waals surface area contributed by atoms with Gasteiger partial charge in [0, 0.05) is 66.5 Å². The molecule has 0 aliphatic heterocycles. The van der Waals surface area contributed by atoms with Crippen molar-refractivity contribution in [3.63, 3.8) is 0 Å². The second kappa shape index (κ2) is 25.7. The molecule has 0 saturated carbocycles. The molecule has 0 bridgehead atoms. The molecule has 20 rings (SSSR count). The van der Waals surface area contributed by atoms with Gasteiger partial charge in [0.05, 0.1) is 97.0 Å². The second-order valence-corrected chi connectivity index (χ2v) is 31.5. The Hall–Kier alpha value is -12.9. The Morgan fingerprint density at radius 3 is 1.68 bits per heavy atom. The zero-order valence-corrected chi connectivity index (χ0v) is 59.8. The quantitative estimate of drug-likeness (QED) is 0.0500. The minimum absolute atomic E-state index is 0.0799. The zero-order valence-electron chi connectivity index (χ0n) is 96.8. The first-order valence-corrected chi connectivity index (χ1v) is 37.3. The topological polar surface area (TPSA) is 45.7 Å². The van der Waals surface area contributed by atoms with Gasteiger partial charge in [-0.25, -0.2) is 4.98 Å². The zero-order chi connectivity index (χ0) is 107. The third-order valence-corrected chi connectivity index (χ3v) is 24.6. The van der Waals surface area contributed by atoms with Gasteiger partial charge in [0.1, 0.15) is 17.3 Å². The highest BCUT2D eigenvalue weighted by molar-refractivity contribution is 7.20. The third kappa shape index (κ3) is 10.6. The van der Waals surface area contributed by atoms with E-state index in [1.54, 1.807) is 42.6 Å². The largest absolute Gasteiger partial charge is 0.458 e. The number of nitrogens with zero attached hydrogens (tertiary/aromatic N) is 6. The Morgan fingerprint density at radius 1 is 0.455 bits per heavy atom. The minimum Gasteiger partial charge on any atom is -0.458 e. The predicted octanol–water partition coefficient (Wildman–Crippen LogP) is 22.5. The van der Waals surface area contributed by atoms with E-state index in [1.807, 2.05) is 72.8 Å². The maximum atomic E-state index is 11.2. The van der Waals surface area contributed by atoms with Crippen molar-refractivity contribution in [2.24, 2.45) is 0 Å². The Morgan fingerprint density at radius 2 is 1.01 bits per heavy atom. The fourth-order valence-electron chi connectivity index (χ4n) is 15.7. The predicted molar refractivity (Wildman–Crippen MR) is 459 cm³/mol. The summed E-state index contributed by atoms with van der Waals surface area (Å²) in [5, 5.41) is 0.687. The van der Waals surface area contributed by atoms with Crippen LogP contribution in [0.5, 0.6) is 11.5 Å². The lowest BCUT2D eigenvalue weighted by Crippen LogP contribution is -2.74. The number of ether oxygens (including phenoxy) is 1. The summed E-state index contributed by atoms with van der Waals surface area (Å²) in [4.78, 5) is 5.09. The molecular weight excluding hydrogens is 1350 g/mol. The molecule has 0 unspecified atom stereocenters. The minimum atomic E-state index is -6.75. The molecule has 19 aromatic rings. The van der Waals surface area contributed by atoms with E-state index in [2.05, 4.69) is 101 Å². The standard InChI is InChI=1S/C102H82N6OSi/c1-100(2,3)70-58-61-103-96(64-70)107-92-51-29-52-93(108-89-48-22-19-42-82(89)83-45-28-53-94(99(83)108)106-87-46-20-17-40-80(87)81-41-18-21-47-88(81)106)97(92)84-56-55-73(66-95(84)107)109-72-32-26-31-71(65-72)104-67-105(91-50-24-23-49-90(91)104)98-78(43-27-44-79(98)69-54-57-85-86(63-69)102(6,7)60-59-101(85,4)5)68-30-25-39-77(62-68)110(74-33-11-8-12-34-74,75-35-13-9-14-36-75)76-37-15-10-16-38-76/h8-58,61-66H,59-60H2,1-7H3/i4D3,5D3,6D3,7D3,8D,9D,10D,11D,12D,13D,14D,15D,16D,25D,30D,33D,34D,35D,36D,37D,38D,39D,54D,57D,59D2,60D2,62D,63D. The lowest BCUT2D eigenvalue weighted by atomic mass is 9.63.